The van der Waals surface area contributed by atoms with Crippen molar-refractivity contribution < 1.29 is 4.74 Å². The third-order valence-corrected chi connectivity index (χ3v) is 5.52. The number of hydrogen-bond donors (Lipinski definition) is 2. The standard InChI is InChI=1S/C20H33N5O.HI/c1-16-13-22-8-3-18(16)4-9-23-20(21-2)24-19-5-10-25(11-6-19)14-17-7-12-26-15-17;/h3,8,13,17,19H,4-7,9-12,14-15H2,1-2H3,(H2,21,23,24);1H. The van der Waals surface area contributed by atoms with E-state index >= 15 is 0 Å². The average molecular weight is 487 g/mol. The molecule has 6 nitrogen and oxygen atoms in total. The van der Waals surface area contributed by atoms with E-state index in [1.807, 2.05) is 19.4 Å². The number of hydrogen-bond acceptors (Lipinski definition) is 4. The molecule has 0 aromatic carbocycles. The number of halogens is 1. The Morgan fingerprint density at radius 3 is 2.81 bits per heavy atom. The van der Waals surface area contributed by atoms with Gasteiger partial charge in [-0.25, -0.2) is 0 Å². The first-order chi connectivity index (χ1) is 12.7. The summed E-state index contributed by atoms with van der Waals surface area (Å²) >= 11 is 0. The normalized spacial score (nSPS) is 21.7. The Labute approximate surface area is 180 Å². The molecule has 152 valence electrons. The summed E-state index contributed by atoms with van der Waals surface area (Å²) in [6.07, 6.45) is 8.35. The molecular formula is C20H34IN5O. The van der Waals surface area contributed by atoms with E-state index in [-0.39, 0.29) is 24.0 Å². The smallest absolute Gasteiger partial charge is 0.191 e. The predicted octanol–water partition coefficient (Wildman–Crippen LogP) is 2.22. The molecule has 0 spiro atoms. The molecule has 2 aliphatic heterocycles. The van der Waals surface area contributed by atoms with Crippen LogP contribution in [-0.2, 0) is 11.2 Å². The molecule has 0 amide bonds. The molecule has 0 bridgehead atoms. The topological polar surface area (TPSA) is 61.8 Å². The largest absolute Gasteiger partial charge is 0.381 e. The molecule has 7 heteroatoms. The molecule has 1 unspecified atom stereocenters. The lowest BCUT2D eigenvalue weighted by molar-refractivity contribution is 0.150. The van der Waals surface area contributed by atoms with E-state index < -0.39 is 0 Å². The Morgan fingerprint density at radius 2 is 2.15 bits per heavy atom. The van der Waals surface area contributed by atoms with Crippen LogP contribution in [-0.4, -0.2) is 68.3 Å². The van der Waals surface area contributed by atoms with Crippen LogP contribution in [0.5, 0.6) is 0 Å². The van der Waals surface area contributed by atoms with Gasteiger partial charge in [0, 0.05) is 58.3 Å². The quantitative estimate of drug-likeness (QED) is 0.366. The van der Waals surface area contributed by atoms with Gasteiger partial charge in [0.1, 0.15) is 0 Å². The lowest BCUT2D eigenvalue weighted by Crippen LogP contribution is -2.49. The lowest BCUT2D eigenvalue weighted by Gasteiger charge is -2.34. The van der Waals surface area contributed by atoms with E-state index in [9.17, 15) is 0 Å². The summed E-state index contributed by atoms with van der Waals surface area (Å²) in [7, 11) is 1.85. The molecule has 1 aromatic rings. The van der Waals surface area contributed by atoms with Gasteiger partial charge in [-0.2, -0.15) is 0 Å². The Morgan fingerprint density at radius 1 is 1.33 bits per heavy atom. The highest BCUT2D eigenvalue weighted by atomic mass is 127. The molecule has 2 aliphatic rings. The van der Waals surface area contributed by atoms with Crippen LogP contribution in [0.15, 0.2) is 23.5 Å². The van der Waals surface area contributed by atoms with E-state index in [2.05, 4.69) is 38.5 Å². The first-order valence-corrected chi connectivity index (χ1v) is 9.91. The summed E-state index contributed by atoms with van der Waals surface area (Å²) < 4.78 is 5.50. The maximum Gasteiger partial charge on any atom is 0.191 e. The fourth-order valence-corrected chi connectivity index (χ4v) is 3.84. The van der Waals surface area contributed by atoms with Crippen molar-refractivity contribution in [3.8, 4) is 0 Å². The van der Waals surface area contributed by atoms with Gasteiger partial charge in [-0.05, 0) is 55.7 Å². The number of guanidine groups is 1. The highest BCUT2D eigenvalue weighted by Gasteiger charge is 2.24. The molecule has 3 rings (SSSR count). The number of ether oxygens (including phenoxy) is 1. The van der Waals surface area contributed by atoms with Crippen molar-refractivity contribution in [1.29, 1.82) is 0 Å². The Bertz CT molecular complexity index is 583. The van der Waals surface area contributed by atoms with Crippen molar-refractivity contribution in [2.45, 2.75) is 38.6 Å². The highest BCUT2D eigenvalue weighted by molar-refractivity contribution is 14.0. The summed E-state index contributed by atoms with van der Waals surface area (Å²) in [6.45, 7) is 8.43. The summed E-state index contributed by atoms with van der Waals surface area (Å²) in [4.78, 5) is 11.1. The zero-order valence-electron chi connectivity index (χ0n) is 16.6. The van der Waals surface area contributed by atoms with Crippen LogP contribution in [0.3, 0.4) is 0 Å². The van der Waals surface area contributed by atoms with Gasteiger partial charge >= 0.3 is 0 Å². The second-order valence-electron chi connectivity index (χ2n) is 7.50. The van der Waals surface area contributed by atoms with Crippen LogP contribution in [0, 0.1) is 12.8 Å². The van der Waals surface area contributed by atoms with Crippen molar-refractivity contribution >= 4 is 29.9 Å². The van der Waals surface area contributed by atoms with Crippen molar-refractivity contribution in [3.05, 3.63) is 29.6 Å². The average Bonchev–Trinajstić information content (AvgIpc) is 3.17. The van der Waals surface area contributed by atoms with Gasteiger partial charge in [-0.15, -0.1) is 24.0 Å². The first kappa shape index (κ1) is 22.4. The molecule has 0 radical (unpaired) electrons. The minimum Gasteiger partial charge on any atom is -0.381 e. The van der Waals surface area contributed by atoms with Crippen LogP contribution in [0.1, 0.15) is 30.4 Å². The molecular weight excluding hydrogens is 453 g/mol. The number of aromatic nitrogens is 1. The Hall–Kier alpha value is -0.930. The van der Waals surface area contributed by atoms with Gasteiger partial charge < -0.3 is 20.3 Å². The second-order valence-corrected chi connectivity index (χ2v) is 7.50. The predicted molar refractivity (Wildman–Crippen MR) is 121 cm³/mol. The number of nitrogens with one attached hydrogen (secondary N) is 2. The van der Waals surface area contributed by atoms with Crippen LogP contribution >= 0.6 is 24.0 Å². The molecule has 2 saturated heterocycles. The van der Waals surface area contributed by atoms with E-state index in [4.69, 9.17) is 4.74 Å². The number of pyridine rings is 1. The molecule has 0 saturated carbocycles. The van der Waals surface area contributed by atoms with Gasteiger partial charge in [-0.3, -0.25) is 9.98 Å². The maximum absolute atomic E-state index is 5.50. The number of likely N-dealkylation sites (tertiary alicyclic amines) is 1. The van der Waals surface area contributed by atoms with Crippen molar-refractivity contribution in [2.75, 3.05) is 46.4 Å². The number of aryl methyl sites for hydroxylation is 1. The van der Waals surface area contributed by atoms with Gasteiger partial charge in [0.05, 0.1) is 6.61 Å². The number of rotatable bonds is 6. The van der Waals surface area contributed by atoms with Crippen LogP contribution in [0.2, 0.25) is 0 Å². The van der Waals surface area contributed by atoms with Gasteiger partial charge in [0.25, 0.3) is 0 Å². The summed E-state index contributed by atoms with van der Waals surface area (Å²) in [5, 5.41) is 7.05. The van der Waals surface area contributed by atoms with Gasteiger partial charge in [0.15, 0.2) is 5.96 Å². The molecule has 2 N–H and O–H groups in total. The molecule has 1 aromatic heterocycles. The van der Waals surface area contributed by atoms with Crippen molar-refractivity contribution in [2.24, 2.45) is 10.9 Å². The minimum atomic E-state index is 0. The second kappa shape index (κ2) is 11.8. The summed E-state index contributed by atoms with van der Waals surface area (Å²) in [5.74, 6) is 1.66. The monoisotopic (exact) mass is 487 g/mol. The number of piperidine rings is 1. The third-order valence-electron chi connectivity index (χ3n) is 5.52. The van der Waals surface area contributed by atoms with E-state index in [1.165, 1.54) is 50.0 Å². The van der Waals surface area contributed by atoms with Crippen LogP contribution in [0.25, 0.3) is 0 Å². The molecule has 2 fully saturated rings. The van der Waals surface area contributed by atoms with E-state index in [0.717, 1.165) is 38.1 Å². The zero-order chi connectivity index (χ0) is 18.2. The van der Waals surface area contributed by atoms with Crippen LogP contribution < -0.4 is 10.6 Å². The number of nitrogens with zero attached hydrogens (tertiary/aromatic N) is 3. The third kappa shape index (κ3) is 7.19. The minimum absolute atomic E-state index is 0. The molecule has 3 heterocycles. The molecule has 0 aliphatic carbocycles. The van der Waals surface area contributed by atoms with E-state index in [0.29, 0.717) is 6.04 Å². The fraction of sp³-hybridized carbons (Fsp3) is 0.700. The Kier molecular flexibility index (Phi) is 9.78. The lowest BCUT2D eigenvalue weighted by atomic mass is 10.0. The fourth-order valence-electron chi connectivity index (χ4n) is 3.84. The zero-order valence-corrected chi connectivity index (χ0v) is 18.9. The highest BCUT2D eigenvalue weighted by Crippen LogP contribution is 2.17. The summed E-state index contributed by atoms with van der Waals surface area (Å²) in [5.41, 5.74) is 2.59. The summed E-state index contributed by atoms with van der Waals surface area (Å²) in [6, 6.07) is 2.61. The van der Waals surface area contributed by atoms with Gasteiger partial charge in [-0.1, -0.05) is 0 Å². The molecule has 1 atom stereocenters. The number of aliphatic imine (C=N–C) groups is 1. The maximum atomic E-state index is 5.50. The Balaban J connectivity index is 0.00000261. The van der Waals surface area contributed by atoms with Gasteiger partial charge in [0.2, 0.25) is 0 Å². The van der Waals surface area contributed by atoms with Crippen LogP contribution in [0.4, 0.5) is 0 Å². The SMILES string of the molecule is CN=C(NCCc1ccncc1C)NC1CCN(CC2CCOC2)CC1.I. The van der Waals surface area contributed by atoms with Crippen molar-refractivity contribution in [3.63, 3.8) is 0 Å². The first-order valence-electron chi connectivity index (χ1n) is 9.91. The van der Waals surface area contributed by atoms with E-state index in [1.54, 1.807) is 0 Å². The molecule has 27 heavy (non-hydrogen) atoms. The van der Waals surface area contributed by atoms with Crippen molar-refractivity contribution in [1.82, 2.24) is 20.5 Å².